The van der Waals surface area contributed by atoms with Crippen molar-refractivity contribution in [1.82, 2.24) is 4.72 Å². The van der Waals surface area contributed by atoms with E-state index in [4.69, 9.17) is 4.74 Å². The maximum Gasteiger partial charge on any atom is 0.241 e. The number of aryl methyl sites for hydroxylation is 2. The number of hydrogen-bond donors (Lipinski definition) is 2. The normalized spacial score (nSPS) is 14.2. The van der Waals surface area contributed by atoms with E-state index in [1.54, 1.807) is 57.2 Å². The molecule has 0 radical (unpaired) electrons. The topological polar surface area (TPSA) is 75.6 Å². The average molecular weight is 349 g/mol. The molecule has 6 heteroatoms. The molecular formula is C18H23NO4S. The summed E-state index contributed by atoms with van der Waals surface area (Å²) in [5, 5.41) is 10.6. The lowest BCUT2D eigenvalue weighted by Crippen LogP contribution is -2.39. The third kappa shape index (κ3) is 3.95. The SMILES string of the molecule is COc1cc(C)c(S(=O)(=O)NCC(C)(O)c2ccccc2)c(C)c1. The maximum absolute atomic E-state index is 12.7. The molecule has 2 rings (SSSR count). The number of aliphatic hydroxyl groups is 1. The van der Waals surface area contributed by atoms with Gasteiger partial charge in [0, 0.05) is 6.54 Å². The Hall–Kier alpha value is -1.89. The van der Waals surface area contributed by atoms with Gasteiger partial charge in [-0.1, -0.05) is 30.3 Å². The first-order valence-electron chi connectivity index (χ1n) is 7.60. The third-order valence-corrected chi connectivity index (χ3v) is 5.65. The van der Waals surface area contributed by atoms with Crippen molar-refractivity contribution in [2.24, 2.45) is 0 Å². The van der Waals surface area contributed by atoms with Crippen LogP contribution in [0, 0.1) is 13.8 Å². The van der Waals surface area contributed by atoms with E-state index in [-0.39, 0.29) is 11.4 Å². The van der Waals surface area contributed by atoms with E-state index in [1.165, 1.54) is 7.11 Å². The number of nitrogens with one attached hydrogen (secondary N) is 1. The summed E-state index contributed by atoms with van der Waals surface area (Å²) in [7, 11) is -2.21. The second kappa shape index (κ2) is 6.93. The van der Waals surface area contributed by atoms with E-state index in [1.807, 2.05) is 6.07 Å². The highest BCUT2D eigenvalue weighted by atomic mass is 32.2. The van der Waals surface area contributed by atoms with Crippen molar-refractivity contribution >= 4 is 10.0 Å². The minimum Gasteiger partial charge on any atom is -0.497 e. The molecule has 0 amide bonds. The molecule has 0 heterocycles. The van der Waals surface area contributed by atoms with Crippen LogP contribution in [0.4, 0.5) is 0 Å². The first kappa shape index (κ1) is 18.4. The summed E-state index contributed by atoms with van der Waals surface area (Å²) in [6, 6.07) is 12.3. The molecule has 2 aromatic carbocycles. The van der Waals surface area contributed by atoms with Gasteiger partial charge in [-0.25, -0.2) is 13.1 Å². The van der Waals surface area contributed by atoms with Crippen LogP contribution in [0.15, 0.2) is 47.4 Å². The summed E-state index contributed by atoms with van der Waals surface area (Å²) >= 11 is 0. The quantitative estimate of drug-likeness (QED) is 0.840. The van der Waals surface area contributed by atoms with Gasteiger partial charge in [-0.3, -0.25) is 0 Å². The van der Waals surface area contributed by atoms with E-state index in [0.29, 0.717) is 22.4 Å². The van der Waals surface area contributed by atoms with Crippen molar-refractivity contribution in [3.63, 3.8) is 0 Å². The number of ether oxygens (including phenoxy) is 1. The zero-order chi connectivity index (χ0) is 18.0. The summed E-state index contributed by atoms with van der Waals surface area (Å²) in [5.74, 6) is 0.611. The van der Waals surface area contributed by atoms with E-state index in [9.17, 15) is 13.5 Å². The Labute approximate surface area is 143 Å². The molecule has 2 aromatic rings. The van der Waals surface area contributed by atoms with Crippen LogP contribution in [0.5, 0.6) is 5.75 Å². The van der Waals surface area contributed by atoms with Crippen LogP contribution in [0.2, 0.25) is 0 Å². The molecule has 0 spiro atoms. The van der Waals surface area contributed by atoms with Crippen LogP contribution >= 0.6 is 0 Å². The second-order valence-corrected chi connectivity index (χ2v) is 7.76. The van der Waals surface area contributed by atoms with Gasteiger partial charge < -0.3 is 9.84 Å². The molecule has 0 saturated heterocycles. The van der Waals surface area contributed by atoms with Gasteiger partial charge >= 0.3 is 0 Å². The summed E-state index contributed by atoms with van der Waals surface area (Å²) in [4.78, 5) is 0.215. The predicted molar refractivity (Wildman–Crippen MR) is 93.7 cm³/mol. The molecule has 2 N–H and O–H groups in total. The van der Waals surface area contributed by atoms with Crippen molar-refractivity contribution in [2.75, 3.05) is 13.7 Å². The van der Waals surface area contributed by atoms with Crippen LogP contribution in [0.25, 0.3) is 0 Å². The summed E-state index contributed by atoms with van der Waals surface area (Å²) in [6.45, 7) is 4.90. The van der Waals surface area contributed by atoms with E-state index >= 15 is 0 Å². The number of sulfonamides is 1. The smallest absolute Gasteiger partial charge is 0.241 e. The number of methoxy groups -OCH3 is 1. The summed E-state index contributed by atoms with van der Waals surface area (Å²) in [6.07, 6.45) is 0. The fourth-order valence-corrected chi connectivity index (χ4v) is 4.24. The molecule has 0 fully saturated rings. The number of rotatable bonds is 6. The Kier molecular flexibility index (Phi) is 5.32. The van der Waals surface area contributed by atoms with Crippen molar-refractivity contribution in [2.45, 2.75) is 31.3 Å². The molecule has 130 valence electrons. The van der Waals surface area contributed by atoms with Gasteiger partial charge in [0.15, 0.2) is 0 Å². The number of hydrogen-bond acceptors (Lipinski definition) is 4. The minimum absolute atomic E-state index is 0.121. The minimum atomic E-state index is -3.75. The molecule has 0 aliphatic heterocycles. The van der Waals surface area contributed by atoms with Crippen LogP contribution < -0.4 is 9.46 Å². The molecule has 0 aliphatic rings. The van der Waals surface area contributed by atoms with Crippen LogP contribution in [0.3, 0.4) is 0 Å². The molecule has 24 heavy (non-hydrogen) atoms. The summed E-state index contributed by atoms with van der Waals surface area (Å²) in [5.41, 5.74) is 0.538. The lowest BCUT2D eigenvalue weighted by Gasteiger charge is -2.24. The van der Waals surface area contributed by atoms with Crippen molar-refractivity contribution in [1.29, 1.82) is 0 Å². The van der Waals surface area contributed by atoms with Crippen molar-refractivity contribution < 1.29 is 18.3 Å². The van der Waals surface area contributed by atoms with E-state index < -0.39 is 15.6 Å². The molecule has 1 atom stereocenters. The zero-order valence-corrected chi connectivity index (χ0v) is 15.1. The van der Waals surface area contributed by atoms with Gasteiger partial charge in [-0.05, 0) is 49.6 Å². The fraction of sp³-hybridized carbons (Fsp3) is 0.333. The molecular weight excluding hydrogens is 326 g/mol. The van der Waals surface area contributed by atoms with Crippen LogP contribution in [-0.4, -0.2) is 27.2 Å². The number of benzene rings is 2. The highest BCUT2D eigenvalue weighted by Gasteiger charge is 2.27. The molecule has 0 saturated carbocycles. The van der Waals surface area contributed by atoms with Gasteiger partial charge in [0.1, 0.15) is 11.4 Å². The Morgan fingerprint density at radius 2 is 1.67 bits per heavy atom. The first-order chi connectivity index (χ1) is 11.2. The van der Waals surface area contributed by atoms with Gasteiger partial charge in [-0.15, -0.1) is 0 Å². The molecule has 5 nitrogen and oxygen atoms in total. The molecule has 0 aromatic heterocycles. The Morgan fingerprint density at radius 3 is 2.17 bits per heavy atom. The monoisotopic (exact) mass is 349 g/mol. The van der Waals surface area contributed by atoms with Crippen molar-refractivity contribution in [3.8, 4) is 5.75 Å². The van der Waals surface area contributed by atoms with Crippen molar-refractivity contribution in [3.05, 3.63) is 59.2 Å². The zero-order valence-electron chi connectivity index (χ0n) is 14.3. The standard InChI is InChI=1S/C18H23NO4S/c1-13-10-16(23-4)11-14(2)17(13)24(21,22)19-12-18(3,20)15-8-6-5-7-9-15/h5-11,19-20H,12H2,1-4H3. The third-order valence-electron chi connectivity index (χ3n) is 3.94. The predicted octanol–water partition coefficient (Wildman–Crippen LogP) is 2.50. The summed E-state index contributed by atoms with van der Waals surface area (Å²) < 4.78 is 33.1. The van der Waals surface area contributed by atoms with Crippen LogP contribution in [-0.2, 0) is 15.6 Å². The Morgan fingerprint density at radius 1 is 1.12 bits per heavy atom. The van der Waals surface area contributed by atoms with Gasteiger partial charge in [0.2, 0.25) is 10.0 Å². The first-order valence-corrected chi connectivity index (χ1v) is 9.08. The Bertz CT molecular complexity index is 791. The largest absolute Gasteiger partial charge is 0.497 e. The fourth-order valence-electron chi connectivity index (χ4n) is 2.66. The van der Waals surface area contributed by atoms with E-state index in [0.717, 1.165) is 0 Å². The highest BCUT2D eigenvalue weighted by molar-refractivity contribution is 7.89. The lowest BCUT2D eigenvalue weighted by molar-refractivity contribution is 0.0627. The molecule has 1 unspecified atom stereocenters. The molecule has 0 aliphatic carbocycles. The van der Waals surface area contributed by atoms with Gasteiger partial charge in [-0.2, -0.15) is 0 Å². The highest BCUT2D eigenvalue weighted by Crippen LogP contribution is 2.26. The Balaban J connectivity index is 2.27. The van der Waals surface area contributed by atoms with E-state index in [2.05, 4.69) is 4.72 Å². The second-order valence-electron chi connectivity index (χ2n) is 6.05. The van der Waals surface area contributed by atoms with Crippen LogP contribution in [0.1, 0.15) is 23.6 Å². The molecule has 0 bridgehead atoms. The average Bonchev–Trinajstić information content (AvgIpc) is 2.53. The maximum atomic E-state index is 12.7. The van der Waals surface area contributed by atoms with Gasteiger partial charge in [0.25, 0.3) is 0 Å². The van der Waals surface area contributed by atoms with Gasteiger partial charge in [0.05, 0.1) is 12.0 Å². The lowest BCUT2D eigenvalue weighted by atomic mass is 9.97.